The third kappa shape index (κ3) is 2.81. The SMILES string of the molecule is Fc1ccc2c(c1)oc1c2ccc2c1ccc1c3cccc(-c4cc(C5CCCC5)ccn4)c3oc12. The summed E-state index contributed by atoms with van der Waals surface area (Å²) >= 11 is 0. The fraction of sp³-hybridized carbons (Fsp3) is 0.156. The van der Waals surface area contributed by atoms with E-state index in [0.717, 1.165) is 60.3 Å². The predicted molar refractivity (Wildman–Crippen MR) is 143 cm³/mol. The Hall–Kier alpha value is -4.18. The van der Waals surface area contributed by atoms with Crippen molar-refractivity contribution in [2.75, 3.05) is 0 Å². The van der Waals surface area contributed by atoms with Gasteiger partial charge in [-0.25, -0.2) is 4.39 Å². The lowest BCUT2D eigenvalue weighted by molar-refractivity contribution is 0.619. The van der Waals surface area contributed by atoms with Crippen LogP contribution >= 0.6 is 0 Å². The predicted octanol–water partition coefficient (Wildman–Crippen LogP) is 9.50. The number of fused-ring (bicyclic) bond motifs is 9. The first-order chi connectivity index (χ1) is 17.7. The second kappa shape index (κ2) is 7.41. The van der Waals surface area contributed by atoms with Crippen LogP contribution < -0.4 is 0 Å². The molecule has 1 saturated carbocycles. The van der Waals surface area contributed by atoms with E-state index in [-0.39, 0.29) is 5.82 Å². The zero-order valence-electron chi connectivity index (χ0n) is 19.6. The smallest absolute Gasteiger partial charge is 0.144 e. The van der Waals surface area contributed by atoms with Gasteiger partial charge in [0, 0.05) is 50.1 Å². The first-order valence-corrected chi connectivity index (χ1v) is 12.6. The summed E-state index contributed by atoms with van der Waals surface area (Å²) in [6.45, 7) is 0. The molecule has 0 amide bonds. The summed E-state index contributed by atoms with van der Waals surface area (Å²) in [6, 6.07) is 23.7. The van der Waals surface area contributed by atoms with E-state index in [2.05, 4.69) is 48.5 Å². The Labute approximate surface area is 206 Å². The van der Waals surface area contributed by atoms with Crippen LogP contribution in [0.15, 0.2) is 87.8 Å². The fourth-order valence-electron chi connectivity index (χ4n) is 6.18. The van der Waals surface area contributed by atoms with Crippen LogP contribution in [0.2, 0.25) is 0 Å². The summed E-state index contributed by atoms with van der Waals surface area (Å²) in [6.07, 6.45) is 7.06. The first kappa shape index (κ1) is 20.1. The molecule has 0 saturated heterocycles. The minimum atomic E-state index is -0.302. The Balaban J connectivity index is 1.37. The van der Waals surface area contributed by atoms with Crippen LogP contribution in [0.1, 0.15) is 37.2 Å². The zero-order valence-corrected chi connectivity index (χ0v) is 19.6. The van der Waals surface area contributed by atoms with Crippen molar-refractivity contribution in [2.24, 2.45) is 0 Å². The van der Waals surface area contributed by atoms with E-state index in [1.54, 1.807) is 6.07 Å². The second-order valence-corrected chi connectivity index (χ2v) is 9.96. The van der Waals surface area contributed by atoms with Gasteiger partial charge >= 0.3 is 0 Å². The highest BCUT2D eigenvalue weighted by Gasteiger charge is 2.20. The molecule has 7 aromatic rings. The van der Waals surface area contributed by atoms with Gasteiger partial charge in [0.25, 0.3) is 0 Å². The van der Waals surface area contributed by atoms with Crippen LogP contribution in [0.3, 0.4) is 0 Å². The second-order valence-electron chi connectivity index (χ2n) is 9.96. The van der Waals surface area contributed by atoms with Gasteiger partial charge in [0.1, 0.15) is 28.1 Å². The molecule has 3 heterocycles. The highest BCUT2D eigenvalue weighted by molar-refractivity contribution is 6.23. The summed E-state index contributed by atoms with van der Waals surface area (Å²) in [4.78, 5) is 4.73. The van der Waals surface area contributed by atoms with Crippen LogP contribution in [0.25, 0.3) is 65.9 Å². The van der Waals surface area contributed by atoms with Crippen molar-refractivity contribution in [1.29, 1.82) is 0 Å². The largest absolute Gasteiger partial charge is 0.455 e. The summed E-state index contributed by atoms with van der Waals surface area (Å²) < 4.78 is 26.6. The Bertz CT molecular complexity index is 1970. The van der Waals surface area contributed by atoms with Crippen molar-refractivity contribution >= 4 is 54.6 Å². The number of hydrogen-bond acceptors (Lipinski definition) is 3. The lowest BCUT2D eigenvalue weighted by Gasteiger charge is -2.11. The third-order valence-electron chi connectivity index (χ3n) is 7.94. The molecule has 36 heavy (non-hydrogen) atoms. The fourth-order valence-corrected chi connectivity index (χ4v) is 6.18. The highest BCUT2D eigenvalue weighted by Crippen LogP contribution is 2.42. The topological polar surface area (TPSA) is 39.2 Å². The average molecular weight is 472 g/mol. The van der Waals surface area contributed by atoms with Gasteiger partial charge in [0.05, 0.1) is 5.69 Å². The lowest BCUT2D eigenvalue weighted by atomic mass is 9.96. The maximum absolute atomic E-state index is 13.8. The molecule has 1 aliphatic carbocycles. The average Bonchev–Trinajstić information content (AvgIpc) is 3.65. The Morgan fingerprint density at radius 3 is 2.11 bits per heavy atom. The molecular weight excluding hydrogens is 449 g/mol. The molecule has 174 valence electrons. The molecule has 0 radical (unpaired) electrons. The lowest BCUT2D eigenvalue weighted by Crippen LogP contribution is -1.94. The third-order valence-corrected chi connectivity index (χ3v) is 7.94. The van der Waals surface area contributed by atoms with Crippen molar-refractivity contribution in [3.63, 3.8) is 0 Å². The van der Waals surface area contributed by atoms with Crippen LogP contribution in [0, 0.1) is 5.82 Å². The number of rotatable bonds is 2. The molecular formula is C32H22FNO2. The van der Waals surface area contributed by atoms with E-state index in [1.165, 1.54) is 43.4 Å². The van der Waals surface area contributed by atoms with Gasteiger partial charge < -0.3 is 8.83 Å². The molecule has 0 atom stereocenters. The maximum Gasteiger partial charge on any atom is 0.144 e. The molecule has 3 aromatic heterocycles. The van der Waals surface area contributed by atoms with Crippen LogP contribution in [0.5, 0.6) is 0 Å². The van der Waals surface area contributed by atoms with Crippen molar-refractivity contribution < 1.29 is 13.2 Å². The minimum absolute atomic E-state index is 0.302. The minimum Gasteiger partial charge on any atom is -0.455 e. The molecule has 1 aliphatic rings. The van der Waals surface area contributed by atoms with E-state index in [1.807, 2.05) is 12.3 Å². The van der Waals surface area contributed by atoms with Gasteiger partial charge in [-0.05, 0) is 78.9 Å². The van der Waals surface area contributed by atoms with E-state index in [4.69, 9.17) is 13.8 Å². The molecule has 1 fully saturated rings. The van der Waals surface area contributed by atoms with Crippen molar-refractivity contribution in [3.8, 4) is 11.3 Å². The summed E-state index contributed by atoms with van der Waals surface area (Å²) in [5, 5.41) is 5.96. The van der Waals surface area contributed by atoms with Gasteiger partial charge in [-0.1, -0.05) is 25.0 Å². The van der Waals surface area contributed by atoms with Gasteiger partial charge in [0.15, 0.2) is 0 Å². The summed E-state index contributed by atoms with van der Waals surface area (Å²) in [7, 11) is 0. The number of nitrogens with zero attached hydrogens (tertiary/aromatic N) is 1. The van der Waals surface area contributed by atoms with E-state index >= 15 is 0 Å². The molecule has 4 heteroatoms. The van der Waals surface area contributed by atoms with E-state index < -0.39 is 0 Å². The van der Waals surface area contributed by atoms with Crippen molar-refractivity contribution in [1.82, 2.24) is 4.98 Å². The van der Waals surface area contributed by atoms with Gasteiger partial charge in [-0.2, -0.15) is 0 Å². The monoisotopic (exact) mass is 471 g/mol. The van der Waals surface area contributed by atoms with Crippen LogP contribution in [-0.2, 0) is 0 Å². The Kier molecular flexibility index (Phi) is 4.13. The van der Waals surface area contributed by atoms with Gasteiger partial charge in [0.2, 0.25) is 0 Å². The highest BCUT2D eigenvalue weighted by atomic mass is 19.1. The van der Waals surface area contributed by atoms with Crippen LogP contribution in [0.4, 0.5) is 4.39 Å². The number of aromatic nitrogens is 1. The molecule has 0 spiro atoms. The van der Waals surface area contributed by atoms with Crippen molar-refractivity contribution in [3.05, 3.63) is 90.4 Å². The zero-order chi connectivity index (χ0) is 23.8. The van der Waals surface area contributed by atoms with Gasteiger partial charge in [-0.3, -0.25) is 4.98 Å². The molecule has 4 aromatic carbocycles. The number of hydrogen-bond donors (Lipinski definition) is 0. The normalized spacial score (nSPS) is 14.8. The molecule has 0 aliphatic heterocycles. The quantitative estimate of drug-likeness (QED) is 0.252. The standard InChI is InChI=1S/C32H22FNO2/c33-20-8-9-21-23-10-11-26-25(30(23)35-29(21)17-20)13-12-24-22-6-3-7-27(32(22)36-31(24)26)28-16-19(14-15-34-28)18-4-1-2-5-18/h3,6-18H,1-2,4-5H2. The first-order valence-electron chi connectivity index (χ1n) is 12.6. The molecule has 0 N–H and O–H groups in total. The number of benzene rings is 4. The van der Waals surface area contributed by atoms with Crippen molar-refractivity contribution in [2.45, 2.75) is 31.6 Å². The number of para-hydroxylation sites is 1. The van der Waals surface area contributed by atoms with E-state index in [0.29, 0.717) is 11.5 Å². The molecule has 3 nitrogen and oxygen atoms in total. The Morgan fingerprint density at radius 1 is 0.667 bits per heavy atom. The van der Waals surface area contributed by atoms with Crippen LogP contribution in [-0.4, -0.2) is 4.98 Å². The number of halogens is 1. The number of furan rings is 2. The molecule has 0 unspecified atom stereocenters. The Morgan fingerprint density at radius 2 is 1.33 bits per heavy atom. The summed E-state index contributed by atoms with van der Waals surface area (Å²) in [5.74, 6) is 0.328. The molecule has 8 rings (SSSR count). The molecule has 0 bridgehead atoms. The van der Waals surface area contributed by atoms with Gasteiger partial charge in [-0.15, -0.1) is 0 Å². The summed E-state index contributed by atoms with van der Waals surface area (Å²) in [5.41, 5.74) is 6.32. The van der Waals surface area contributed by atoms with E-state index in [9.17, 15) is 4.39 Å². The maximum atomic E-state index is 13.8. The number of pyridine rings is 1.